The van der Waals surface area contributed by atoms with Gasteiger partial charge in [-0.3, -0.25) is 14.5 Å². The first-order valence-corrected chi connectivity index (χ1v) is 4.70. The highest BCUT2D eigenvalue weighted by Crippen LogP contribution is 2.25. The number of aryl methyl sites for hydroxylation is 1. The quantitative estimate of drug-likeness (QED) is 0.729. The molecule has 0 amide bonds. The van der Waals surface area contributed by atoms with Crippen LogP contribution in [0.2, 0.25) is 5.15 Å². The minimum atomic E-state index is 0.344. The summed E-state index contributed by atoms with van der Waals surface area (Å²) in [5, 5.41) is 4.52. The van der Waals surface area contributed by atoms with E-state index in [4.69, 9.17) is 11.6 Å². The molecule has 0 spiro atoms. The number of aldehydes is 1. The van der Waals surface area contributed by atoms with E-state index in [2.05, 4.69) is 10.1 Å². The number of nitrogens with zero attached hydrogens (tertiary/aromatic N) is 3. The number of aromatic nitrogens is 3. The molecule has 0 aliphatic heterocycles. The van der Waals surface area contributed by atoms with E-state index < -0.39 is 0 Å². The van der Waals surface area contributed by atoms with Gasteiger partial charge in [0.1, 0.15) is 10.8 Å². The number of pyridine rings is 1. The van der Waals surface area contributed by atoms with Crippen molar-refractivity contribution in [2.24, 2.45) is 7.05 Å². The fraction of sp³-hybridized carbons (Fsp3) is 0.100. The van der Waals surface area contributed by atoms with Crippen LogP contribution in [-0.4, -0.2) is 21.1 Å². The Balaban J connectivity index is 2.63. The first-order valence-electron chi connectivity index (χ1n) is 4.32. The van der Waals surface area contributed by atoms with Gasteiger partial charge in [0.15, 0.2) is 6.29 Å². The van der Waals surface area contributed by atoms with Crippen LogP contribution in [0.15, 0.2) is 24.5 Å². The van der Waals surface area contributed by atoms with Crippen LogP contribution in [0.5, 0.6) is 0 Å². The third kappa shape index (κ3) is 1.64. The fourth-order valence-electron chi connectivity index (χ4n) is 1.35. The zero-order chi connectivity index (χ0) is 10.8. The van der Waals surface area contributed by atoms with Crippen LogP contribution in [0.4, 0.5) is 0 Å². The summed E-state index contributed by atoms with van der Waals surface area (Å²) in [5.41, 5.74) is 1.82. The highest BCUT2D eigenvalue weighted by Gasteiger charge is 2.14. The van der Waals surface area contributed by atoms with Gasteiger partial charge in [-0.25, -0.2) is 0 Å². The zero-order valence-corrected chi connectivity index (χ0v) is 8.77. The lowest BCUT2D eigenvalue weighted by Gasteiger charge is -1.95. The van der Waals surface area contributed by atoms with Crippen molar-refractivity contribution in [3.05, 3.63) is 35.2 Å². The molecule has 0 radical (unpaired) electrons. The third-order valence-corrected chi connectivity index (χ3v) is 2.53. The van der Waals surface area contributed by atoms with E-state index >= 15 is 0 Å². The monoisotopic (exact) mass is 221 g/mol. The van der Waals surface area contributed by atoms with Crippen molar-refractivity contribution in [2.45, 2.75) is 0 Å². The molecule has 2 aromatic heterocycles. The SMILES string of the molecule is Cn1nc(-c2ccncc2)c(C=O)c1Cl. The summed E-state index contributed by atoms with van der Waals surface area (Å²) in [5.74, 6) is 0. The molecule has 4 nitrogen and oxygen atoms in total. The van der Waals surface area contributed by atoms with Gasteiger partial charge in [-0.1, -0.05) is 11.6 Å². The van der Waals surface area contributed by atoms with Gasteiger partial charge in [0.25, 0.3) is 0 Å². The van der Waals surface area contributed by atoms with Crippen LogP contribution in [0.1, 0.15) is 10.4 Å². The number of halogens is 1. The molecule has 2 aromatic rings. The highest BCUT2D eigenvalue weighted by molar-refractivity contribution is 6.32. The smallest absolute Gasteiger partial charge is 0.155 e. The molecular weight excluding hydrogens is 214 g/mol. The summed E-state index contributed by atoms with van der Waals surface area (Å²) in [7, 11) is 1.69. The first-order chi connectivity index (χ1) is 7.24. The molecule has 5 heteroatoms. The van der Waals surface area contributed by atoms with E-state index in [1.54, 1.807) is 31.6 Å². The maximum atomic E-state index is 10.9. The lowest BCUT2D eigenvalue weighted by atomic mass is 10.1. The zero-order valence-electron chi connectivity index (χ0n) is 8.01. The maximum Gasteiger partial charge on any atom is 0.155 e. The highest BCUT2D eigenvalue weighted by atomic mass is 35.5. The molecule has 15 heavy (non-hydrogen) atoms. The number of hydrogen-bond acceptors (Lipinski definition) is 3. The molecule has 0 bridgehead atoms. The van der Waals surface area contributed by atoms with Crippen LogP contribution in [0, 0.1) is 0 Å². The standard InChI is InChI=1S/C10H8ClN3O/c1-14-10(11)8(6-15)9(13-14)7-2-4-12-5-3-7/h2-6H,1H3. The Morgan fingerprint density at radius 1 is 1.40 bits per heavy atom. The average molecular weight is 222 g/mol. The number of carbonyl (C=O) groups is 1. The summed E-state index contributed by atoms with van der Waals surface area (Å²) in [6, 6.07) is 3.57. The molecule has 0 N–H and O–H groups in total. The number of carbonyl (C=O) groups excluding carboxylic acids is 1. The molecule has 0 saturated carbocycles. The predicted molar refractivity (Wildman–Crippen MR) is 56.8 cm³/mol. The Morgan fingerprint density at radius 3 is 2.67 bits per heavy atom. The Bertz CT molecular complexity index is 493. The Kier molecular flexibility index (Phi) is 2.51. The molecular formula is C10H8ClN3O. The summed E-state index contributed by atoms with van der Waals surface area (Å²) in [6.45, 7) is 0. The summed E-state index contributed by atoms with van der Waals surface area (Å²) in [6.07, 6.45) is 4.00. The Hall–Kier alpha value is -1.68. The van der Waals surface area contributed by atoms with Crippen molar-refractivity contribution in [2.75, 3.05) is 0 Å². The summed E-state index contributed by atoms with van der Waals surface area (Å²) in [4.78, 5) is 14.8. The number of hydrogen-bond donors (Lipinski definition) is 0. The molecule has 2 rings (SSSR count). The van der Waals surface area contributed by atoms with Crippen molar-refractivity contribution in [3.63, 3.8) is 0 Å². The average Bonchev–Trinajstić information content (AvgIpc) is 2.56. The minimum Gasteiger partial charge on any atom is -0.298 e. The predicted octanol–water partition coefficient (Wildman–Crippen LogP) is 1.95. The molecule has 0 aliphatic rings. The van der Waals surface area contributed by atoms with E-state index in [1.807, 2.05) is 0 Å². The molecule has 0 fully saturated rings. The van der Waals surface area contributed by atoms with Gasteiger partial charge in [-0.05, 0) is 12.1 Å². The van der Waals surface area contributed by atoms with Crippen molar-refractivity contribution in [1.29, 1.82) is 0 Å². The van der Waals surface area contributed by atoms with Gasteiger partial charge < -0.3 is 0 Å². The molecule has 0 unspecified atom stereocenters. The van der Waals surface area contributed by atoms with Gasteiger partial charge in [-0.2, -0.15) is 5.10 Å². The van der Waals surface area contributed by atoms with Crippen molar-refractivity contribution >= 4 is 17.9 Å². The minimum absolute atomic E-state index is 0.344. The van der Waals surface area contributed by atoms with Crippen LogP contribution in [0.3, 0.4) is 0 Å². The van der Waals surface area contributed by atoms with Crippen molar-refractivity contribution in [1.82, 2.24) is 14.8 Å². The van der Waals surface area contributed by atoms with Gasteiger partial charge >= 0.3 is 0 Å². The summed E-state index contributed by atoms with van der Waals surface area (Å²) < 4.78 is 1.47. The van der Waals surface area contributed by atoms with Gasteiger partial charge in [0, 0.05) is 25.0 Å². The first kappa shape index (κ1) is 9.86. The van der Waals surface area contributed by atoms with Crippen molar-refractivity contribution < 1.29 is 4.79 Å². The lowest BCUT2D eigenvalue weighted by molar-refractivity contribution is 0.112. The fourth-order valence-corrected chi connectivity index (χ4v) is 1.52. The van der Waals surface area contributed by atoms with Gasteiger partial charge in [-0.15, -0.1) is 0 Å². The maximum absolute atomic E-state index is 10.9. The molecule has 0 saturated heterocycles. The van der Waals surface area contributed by atoms with E-state index in [-0.39, 0.29) is 0 Å². The van der Waals surface area contributed by atoms with Gasteiger partial charge in [0.05, 0.1) is 5.56 Å². The van der Waals surface area contributed by atoms with Crippen LogP contribution < -0.4 is 0 Å². The molecule has 76 valence electrons. The topological polar surface area (TPSA) is 47.8 Å². The van der Waals surface area contributed by atoms with Gasteiger partial charge in [0.2, 0.25) is 0 Å². The number of rotatable bonds is 2. The molecule has 0 aliphatic carbocycles. The summed E-state index contributed by atoms with van der Waals surface area (Å²) >= 11 is 5.92. The second-order valence-corrected chi connectivity index (χ2v) is 3.39. The van der Waals surface area contributed by atoms with E-state index in [0.29, 0.717) is 22.7 Å². The van der Waals surface area contributed by atoms with Crippen LogP contribution >= 0.6 is 11.6 Å². The Morgan fingerprint density at radius 2 is 2.07 bits per heavy atom. The lowest BCUT2D eigenvalue weighted by Crippen LogP contribution is -1.89. The van der Waals surface area contributed by atoms with E-state index in [9.17, 15) is 4.79 Å². The molecule has 2 heterocycles. The molecule has 0 atom stereocenters. The van der Waals surface area contributed by atoms with Crippen molar-refractivity contribution in [3.8, 4) is 11.3 Å². The Labute approximate surface area is 91.5 Å². The van der Waals surface area contributed by atoms with Crippen LogP contribution in [0.25, 0.3) is 11.3 Å². The molecule has 0 aromatic carbocycles. The van der Waals surface area contributed by atoms with E-state index in [1.165, 1.54) is 4.68 Å². The second-order valence-electron chi connectivity index (χ2n) is 3.03. The van der Waals surface area contributed by atoms with E-state index in [0.717, 1.165) is 5.56 Å². The normalized spacial score (nSPS) is 10.3. The van der Waals surface area contributed by atoms with Crippen LogP contribution in [-0.2, 0) is 7.05 Å². The second kappa shape index (κ2) is 3.82. The third-order valence-electron chi connectivity index (χ3n) is 2.08. The largest absolute Gasteiger partial charge is 0.298 e.